The molecule has 1 fully saturated rings. The lowest BCUT2D eigenvalue weighted by Crippen LogP contribution is -2.37. The minimum absolute atomic E-state index is 0. The Morgan fingerprint density at radius 1 is 1.33 bits per heavy atom. The second kappa shape index (κ2) is 9.99. The van der Waals surface area contributed by atoms with E-state index in [4.69, 9.17) is 0 Å². The molecule has 7 heteroatoms. The van der Waals surface area contributed by atoms with E-state index in [1.54, 1.807) is 0 Å². The fourth-order valence-corrected chi connectivity index (χ4v) is 3.75. The molecule has 1 atom stereocenters. The van der Waals surface area contributed by atoms with Crippen LogP contribution in [0, 0.1) is 6.92 Å². The first kappa shape index (κ1) is 20.9. The van der Waals surface area contributed by atoms with Crippen LogP contribution in [0.4, 0.5) is 0 Å². The molecule has 0 bridgehead atoms. The van der Waals surface area contributed by atoms with Crippen molar-refractivity contribution in [1.82, 2.24) is 15.6 Å². The molecule has 1 amide bonds. The van der Waals surface area contributed by atoms with Crippen molar-refractivity contribution in [3.63, 3.8) is 0 Å². The Bertz CT molecular complexity index is 643. The van der Waals surface area contributed by atoms with Gasteiger partial charge in [0.2, 0.25) is 0 Å². The summed E-state index contributed by atoms with van der Waals surface area (Å²) in [7, 11) is 0. The van der Waals surface area contributed by atoms with Crippen LogP contribution >= 0.6 is 36.2 Å². The van der Waals surface area contributed by atoms with Gasteiger partial charge in [0.25, 0.3) is 5.91 Å². The van der Waals surface area contributed by atoms with E-state index in [9.17, 15) is 4.79 Å². The number of amides is 1. The number of rotatable bonds is 5. The van der Waals surface area contributed by atoms with Gasteiger partial charge in [-0.05, 0) is 31.9 Å². The molecule has 0 radical (unpaired) electrons. The van der Waals surface area contributed by atoms with Crippen LogP contribution in [0.2, 0.25) is 0 Å². The SMILES string of the molecule is Cc1nc(Cc2ccccc2)sc1C(=O)NCC1CCCN1.Cl.Cl. The molecule has 2 aromatic rings. The standard InChI is InChI=1S/C17H21N3OS.2ClH/c1-12-16(17(21)19-11-14-8-5-9-18-14)22-15(20-12)10-13-6-3-2-4-7-13;;/h2-4,6-7,14,18H,5,8-11H2,1H3,(H,19,21);2*1H. The summed E-state index contributed by atoms with van der Waals surface area (Å²) in [5.74, 6) is 0.00279. The van der Waals surface area contributed by atoms with Gasteiger partial charge in [-0.25, -0.2) is 4.98 Å². The maximum atomic E-state index is 12.3. The molecular weight excluding hydrogens is 365 g/mol. The van der Waals surface area contributed by atoms with Crippen LogP contribution in [0.1, 0.15) is 38.8 Å². The van der Waals surface area contributed by atoms with E-state index in [0.29, 0.717) is 12.6 Å². The Kier molecular flexibility index (Phi) is 8.70. The van der Waals surface area contributed by atoms with Gasteiger partial charge in [0.1, 0.15) is 4.88 Å². The molecule has 1 aliphatic heterocycles. The first-order chi connectivity index (χ1) is 10.7. The van der Waals surface area contributed by atoms with E-state index >= 15 is 0 Å². The molecule has 4 nitrogen and oxygen atoms in total. The Morgan fingerprint density at radius 3 is 2.75 bits per heavy atom. The zero-order valence-electron chi connectivity index (χ0n) is 13.6. The summed E-state index contributed by atoms with van der Waals surface area (Å²) in [6, 6.07) is 10.6. The molecule has 1 saturated heterocycles. The molecule has 132 valence electrons. The molecule has 24 heavy (non-hydrogen) atoms. The second-order valence-corrected chi connectivity index (χ2v) is 6.77. The number of hydrogen-bond acceptors (Lipinski definition) is 4. The first-order valence-electron chi connectivity index (χ1n) is 7.74. The molecule has 0 saturated carbocycles. The van der Waals surface area contributed by atoms with Gasteiger partial charge in [-0.15, -0.1) is 36.2 Å². The molecule has 0 spiro atoms. The summed E-state index contributed by atoms with van der Waals surface area (Å²) in [6.07, 6.45) is 3.12. The highest BCUT2D eigenvalue weighted by Crippen LogP contribution is 2.21. The number of nitrogens with zero attached hydrogens (tertiary/aromatic N) is 1. The topological polar surface area (TPSA) is 54.0 Å². The third kappa shape index (κ3) is 5.45. The van der Waals surface area contributed by atoms with Crippen LogP contribution in [0.3, 0.4) is 0 Å². The van der Waals surface area contributed by atoms with Gasteiger partial charge in [-0.1, -0.05) is 30.3 Å². The van der Waals surface area contributed by atoms with Crippen LogP contribution < -0.4 is 10.6 Å². The molecule has 1 aliphatic rings. The van der Waals surface area contributed by atoms with Gasteiger partial charge in [-0.2, -0.15) is 0 Å². The average Bonchev–Trinajstić information content (AvgIpc) is 3.16. The zero-order chi connectivity index (χ0) is 15.4. The van der Waals surface area contributed by atoms with Crippen molar-refractivity contribution >= 4 is 42.1 Å². The fraction of sp³-hybridized carbons (Fsp3) is 0.412. The van der Waals surface area contributed by atoms with Gasteiger partial charge in [-0.3, -0.25) is 4.79 Å². The number of halogens is 2. The van der Waals surface area contributed by atoms with Crippen molar-refractivity contribution in [2.24, 2.45) is 0 Å². The monoisotopic (exact) mass is 387 g/mol. The molecule has 1 aromatic carbocycles. The Hall–Kier alpha value is -1.14. The zero-order valence-corrected chi connectivity index (χ0v) is 16.0. The summed E-state index contributed by atoms with van der Waals surface area (Å²) < 4.78 is 0. The lowest BCUT2D eigenvalue weighted by molar-refractivity contribution is 0.0953. The van der Waals surface area contributed by atoms with E-state index in [2.05, 4.69) is 27.8 Å². The van der Waals surface area contributed by atoms with Crippen molar-refractivity contribution in [1.29, 1.82) is 0 Å². The number of carbonyl (C=O) groups is 1. The van der Waals surface area contributed by atoms with Crippen molar-refractivity contribution in [3.8, 4) is 0 Å². The number of aromatic nitrogens is 1. The number of hydrogen-bond donors (Lipinski definition) is 2. The molecule has 1 aromatic heterocycles. The molecule has 0 aliphatic carbocycles. The largest absolute Gasteiger partial charge is 0.350 e. The maximum Gasteiger partial charge on any atom is 0.263 e. The Morgan fingerprint density at radius 2 is 2.08 bits per heavy atom. The van der Waals surface area contributed by atoms with Gasteiger partial charge >= 0.3 is 0 Å². The van der Waals surface area contributed by atoms with Crippen molar-refractivity contribution in [2.45, 2.75) is 32.2 Å². The second-order valence-electron chi connectivity index (χ2n) is 5.69. The van der Waals surface area contributed by atoms with E-state index in [1.807, 2.05) is 25.1 Å². The van der Waals surface area contributed by atoms with Crippen LogP contribution in [0.25, 0.3) is 0 Å². The summed E-state index contributed by atoms with van der Waals surface area (Å²) in [5.41, 5.74) is 2.05. The molecule has 2 heterocycles. The number of carbonyl (C=O) groups excluding carboxylic acids is 1. The maximum absolute atomic E-state index is 12.3. The average molecular weight is 388 g/mol. The Labute approximate surface area is 159 Å². The lowest BCUT2D eigenvalue weighted by Gasteiger charge is -2.10. The quantitative estimate of drug-likeness (QED) is 0.826. The number of benzene rings is 1. The van der Waals surface area contributed by atoms with Crippen LogP contribution in [0.5, 0.6) is 0 Å². The van der Waals surface area contributed by atoms with Crippen molar-refractivity contribution < 1.29 is 4.79 Å². The third-order valence-corrected chi connectivity index (χ3v) is 5.07. The lowest BCUT2D eigenvalue weighted by atomic mass is 10.2. The number of nitrogens with one attached hydrogen (secondary N) is 2. The van der Waals surface area contributed by atoms with E-state index < -0.39 is 0 Å². The van der Waals surface area contributed by atoms with Gasteiger partial charge in [0.15, 0.2) is 0 Å². The van der Waals surface area contributed by atoms with E-state index in [1.165, 1.54) is 23.3 Å². The summed E-state index contributed by atoms with van der Waals surface area (Å²) >= 11 is 1.50. The summed E-state index contributed by atoms with van der Waals surface area (Å²) in [6.45, 7) is 3.67. The Balaban J connectivity index is 0.00000144. The predicted molar refractivity (Wildman–Crippen MR) is 104 cm³/mol. The van der Waals surface area contributed by atoms with Crippen LogP contribution in [-0.4, -0.2) is 30.0 Å². The van der Waals surface area contributed by atoms with Crippen molar-refractivity contribution in [3.05, 3.63) is 51.5 Å². The molecule has 3 rings (SSSR count). The van der Waals surface area contributed by atoms with Gasteiger partial charge in [0.05, 0.1) is 10.7 Å². The van der Waals surface area contributed by atoms with Gasteiger partial charge in [0, 0.05) is 19.0 Å². The minimum atomic E-state index is 0. The molecule has 1 unspecified atom stereocenters. The highest BCUT2D eigenvalue weighted by atomic mass is 35.5. The summed E-state index contributed by atoms with van der Waals surface area (Å²) in [4.78, 5) is 17.6. The van der Waals surface area contributed by atoms with E-state index in [0.717, 1.165) is 35.0 Å². The third-order valence-electron chi connectivity index (χ3n) is 3.92. The highest BCUT2D eigenvalue weighted by molar-refractivity contribution is 7.13. The normalized spacial score (nSPS) is 16.1. The minimum Gasteiger partial charge on any atom is -0.350 e. The smallest absolute Gasteiger partial charge is 0.263 e. The van der Waals surface area contributed by atoms with E-state index in [-0.39, 0.29) is 30.7 Å². The number of thiazole rings is 1. The fourth-order valence-electron chi connectivity index (χ4n) is 2.74. The van der Waals surface area contributed by atoms with Crippen LogP contribution in [0.15, 0.2) is 30.3 Å². The molecule has 2 N–H and O–H groups in total. The predicted octanol–water partition coefficient (Wildman–Crippen LogP) is 3.37. The highest BCUT2D eigenvalue weighted by Gasteiger charge is 2.18. The van der Waals surface area contributed by atoms with Gasteiger partial charge < -0.3 is 10.6 Å². The number of aryl methyl sites for hydroxylation is 1. The summed E-state index contributed by atoms with van der Waals surface area (Å²) in [5, 5.41) is 7.41. The molecular formula is C17H23Cl2N3OS. The van der Waals surface area contributed by atoms with Crippen LogP contribution in [-0.2, 0) is 6.42 Å². The first-order valence-corrected chi connectivity index (χ1v) is 8.56. The van der Waals surface area contributed by atoms with Crippen molar-refractivity contribution in [2.75, 3.05) is 13.1 Å².